The number of alkyl halides is 3. The summed E-state index contributed by atoms with van der Waals surface area (Å²) in [7, 11) is 0. The van der Waals surface area contributed by atoms with Crippen LogP contribution in [0, 0.1) is 0 Å². The number of carboxylic acids is 1. The van der Waals surface area contributed by atoms with Gasteiger partial charge in [-0.15, -0.1) is 0 Å². The second-order valence-electron chi connectivity index (χ2n) is 9.56. The molecule has 0 radical (unpaired) electrons. The molecule has 0 aliphatic heterocycles. The van der Waals surface area contributed by atoms with Gasteiger partial charge in [-0.1, -0.05) is 42.5 Å². The molecule has 9 heteroatoms. The normalized spacial score (nSPS) is 14.1. The number of carbonyl (C=O) groups is 2. The first-order valence-electron chi connectivity index (χ1n) is 12.9. The maximum Gasteiger partial charge on any atom is 0.416 e. The van der Waals surface area contributed by atoms with Crippen LogP contribution in [-0.2, 0) is 11.0 Å². The molecule has 3 aromatic rings. The summed E-state index contributed by atoms with van der Waals surface area (Å²) in [6, 6.07) is 18.1. The standard InChI is InChI=1S/C30H30F3NO5/c31-30(32,33)23-8-6-7-22(19-23)20-12-14-21(15-13-20)28(37)34(24-16-17-24)29(38)25-9-3-4-10-26(25)39-18-5-1-2-11-27(35)36/h3-4,6-10,12-15,19,24,29,38H,1-2,5,11,16-18H2,(H,35,36). The van der Waals surface area contributed by atoms with Gasteiger partial charge in [0.05, 0.1) is 12.2 Å². The molecule has 1 fully saturated rings. The molecule has 1 amide bonds. The van der Waals surface area contributed by atoms with Crippen LogP contribution in [0.1, 0.15) is 66.2 Å². The number of rotatable bonds is 12. The Kier molecular flexibility index (Phi) is 8.91. The summed E-state index contributed by atoms with van der Waals surface area (Å²) >= 11 is 0. The molecule has 0 saturated heterocycles. The zero-order chi connectivity index (χ0) is 28.0. The molecular weight excluding hydrogens is 511 g/mol. The summed E-state index contributed by atoms with van der Waals surface area (Å²) in [4.78, 5) is 25.6. The summed E-state index contributed by atoms with van der Waals surface area (Å²) in [5, 5.41) is 20.0. The van der Waals surface area contributed by atoms with Crippen molar-refractivity contribution in [3.63, 3.8) is 0 Å². The largest absolute Gasteiger partial charge is 0.493 e. The minimum Gasteiger partial charge on any atom is -0.493 e. The van der Waals surface area contributed by atoms with Gasteiger partial charge in [-0.3, -0.25) is 9.59 Å². The van der Waals surface area contributed by atoms with Gasteiger partial charge < -0.3 is 19.8 Å². The third-order valence-electron chi connectivity index (χ3n) is 6.58. The van der Waals surface area contributed by atoms with E-state index in [0.29, 0.717) is 53.9 Å². The number of nitrogens with zero attached hydrogens (tertiary/aromatic N) is 1. The molecule has 39 heavy (non-hydrogen) atoms. The van der Waals surface area contributed by atoms with Gasteiger partial charge >= 0.3 is 12.1 Å². The molecule has 0 bridgehead atoms. The Morgan fingerprint density at radius 3 is 2.31 bits per heavy atom. The van der Waals surface area contributed by atoms with E-state index < -0.39 is 23.9 Å². The van der Waals surface area contributed by atoms with Crippen LogP contribution in [0.2, 0.25) is 0 Å². The van der Waals surface area contributed by atoms with E-state index in [1.54, 1.807) is 54.6 Å². The second-order valence-corrected chi connectivity index (χ2v) is 9.56. The van der Waals surface area contributed by atoms with E-state index in [2.05, 4.69) is 0 Å². The van der Waals surface area contributed by atoms with Crippen LogP contribution in [0.25, 0.3) is 11.1 Å². The summed E-state index contributed by atoms with van der Waals surface area (Å²) < 4.78 is 45.2. The van der Waals surface area contributed by atoms with Gasteiger partial charge in [-0.05, 0) is 73.6 Å². The van der Waals surface area contributed by atoms with Crippen molar-refractivity contribution >= 4 is 11.9 Å². The molecule has 1 aliphatic rings. The zero-order valence-corrected chi connectivity index (χ0v) is 21.2. The van der Waals surface area contributed by atoms with E-state index in [1.165, 1.54) is 11.0 Å². The van der Waals surface area contributed by atoms with Crippen molar-refractivity contribution in [2.75, 3.05) is 6.61 Å². The van der Waals surface area contributed by atoms with Crippen LogP contribution in [0.15, 0.2) is 72.8 Å². The van der Waals surface area contributed by atoms with Crippen molar-refractivity contribution < 1.29 is 37.7 Å². The third-order valence-corrected chi connectivity index (χ3v) is 6.58. The van der Waals surface area contributed by atoms with Crippen molar-refractivity contribution in [1.82, 2.24) is 4.90 Å². The molecule has 2 N–H and O–H groups in total. The van der Waals surface area contributed by atoms with E-state index in [4.69, 9.17) is 9.84 Å². The lowest BCUT2D eigenvalue weighted by atomic mass is 10.0. The Labute approximate surface area is 224 Å². The molecule has 1 aliphatic carbocycles. The van der Waals surface area contributed by atoms with Gasteiger partial charge in [0.2, 0.25) is 0 Å². The number of benzene rings is 3. The van der Waals surface area contributed by atoms with E-state index in [1.807, 2.05) is 0 Å². The van der Waals surface area contributed by atoms with Gasteiger partial charge in [-0.25, -0.2) is 0 Å². The predicted molar refractivity (Wildman–Crippen MR) is 139 cm³/mol. The summed E-state index contributed by atoms with van der Waals surface area (Å²) in [5.41, 5.74) is 0.942. The highest BCUT2D eigenvalue weighted by Gasteiger charge is 2.38. The number of halogens is 3. The number of unbranched alkanes of at least 4 members (excludes halogenated alkanes) is 2. The fourth-order valence-electron chi connectivity index (χ4n) is 4.37. The maximum atomic E-state index is 13.5. The van der Waals surface area contributed by atoms with E-state index >= 15 is 0 Å². The first-order valence-corrected chi connectivity index (χ1v) is 12.9. The topological polar surface area (TPSA) is 87.1 Å². The molecule has 0 aromatic heterocycles. The van der Waals surface area contributed by atoms with Gasteiger partial charge in [0, 0.05) is 23.6 Å². The van der Waals surface area contributed by atoms with Crippen LogP contribution in [0.4, 0.5) is 13.2 Å². The Balaban J connectivity index is 1.47. The Bertz CT molecular complexity index is 1290. The lowest BCUT2D eigenvalue weighted by Crippen LogP contribution is -2.37. The smallest absolute Gasteiger partial charge is 0.416 e. The number of aliphatic carboxylic acids is 1. The van der Waals surface area contributed by atoms with E-state index in [-0.39, 0.29) is 18.4 Å². The number of amides is 1. The monoisotopic (exact) mass is 541 g/mol. The SMILES string of the molecule is O=C(O)CCCCCOc1ccccc1C(O)N(C(=O)c1ccc(-c2cccc(C(F)(F)F)c2)cc1)C1CC1. The Morgan fingerprint density at radius 1 is 0.923 bits per heavy atom. The molecule has 0 heterocycles. The molecule has 1 saturated carbocycles. The number of hydrogen-bond acceptors (Lipinski definition) is 4. The maximum absolute atomic E-state index is 13.5. The van der Waals surface area contributed by atoms with E-state index in [0.717, 1.165) is 25.0 Å². The van der Waals surface area contributed by atoms with Crippen molar-refractivity contribution in [2.24, 2.45) is 0 Å². The average Bonchev–Trinajstić information content (AvgIpc) is 3.75. The molecule has 6 nitrogen and oxygen atoms in total. The molecular formula is C30H30F3NO5. The molecule has 0 spiro atoms. The van der Waals surface area contributed by atoms with Crippen LogP contribution < -0.4 is 4.74 Å². The molecule has 3 aromatic carbocycles. The average molecular weight is 542 g/mol. The van der Waals surface area contributed by atoms with Gasteiger partial charge in [0.15, 0.2) is 6.23 Å². The van der Waals surface area contributed by atoms with Gasteiger partial charge in [0.1, 0.15) is 5.75 Å². The minimum atomic E-state index is -4.45. The lowest BCUT2D eigenvalue weighted by Gasteiger charge is -2.29. The molecule has 4 rings (SSSR count). The van der Waals surface area contributed by atoms with Gasteiger partial charge in [0.25, 0.3) is 5.91 Å². The number of carboxylic acid groups (broad SMARTS) is 1. The molecule has 1 unspecified atom stereocenters. The number of aliphatic hydroxyl groups excluding tert-OH is 1. The Morgan fingerprint density at radius 2 is 1.64 bits per heavy atom. The van der Waals surface area contributed by atoms with Crippen LogP contribution in [-0.4, -0.2) is 39.6 Å². The number of para-hydroxylation sites is 1. The first-order chi connectivity index (χ1) is 18.6. The number of ether oxygens (including phenoxy) is 1. The van der Waals surface area contributed by atoms with Crippen LogP contribution in [0.3, 0.4) is 0 Å². The first kappa shape index (κ1) is 28.2. The fraction of sp³-hybridized carbons (Fsp3) is 0.333. The number of aliphatic hydroxyl groups is 1. The van der Waals surface area contributed by atoms with Crippen molar-refractivity contribution in [2.45, 2.75) is 57.0 Å². The second kappa shape index (κ2) is 12.3. The number of carbonyl (C=O) groups excluding carboxylic acids is 1. The van der Waals surface area contributed by atoms with Crippen LogP contribution >= 0.6 is 0 Å². The summed E-state index contributed by atoms with van der Waals surface area (Å²) in [5.74, 6) is -0.773. The van der Waals surface area contributed by atoms with Gasteiger partial charge in [-0.2, -0.15) is 13.2 Å². The zero-order valence-electron chi connectivity index (χ0n) is 21.2. The quantitative estimate of drug-likeness (QED) is 0.197. The van der Waals surface area contributed by atoms with Crippen molar-refractivity contribution in [3.8, 4) is 16.9 Å². The van der Waals surface area contributed by atoms with E-state index in [9.17, 15) is 27.9 Å². The highest BCUT2D eigenvalue weighted by Crippen LogP contribution is 2.38. The summed E-state index contributed by atoms with van der Waals surface area (Å²) in [6.07, 6.45) is -2.20. The van der Waals surface area contributed by atoms with Crippen LogP contribution in [0.5, 0.6) is 5.75 Å². The number of hydrogen-bond donors (Lipinski definition) is 2. The predicted octanol–water partition coefficient (Wildman–Crippen LogP) is 6.69. The fourth-order valence-corrected chi connectivity index (χ4v) is 4.37. The molecule has 1 atom stereocenters. The molecule has 206 valence electrons. The highest BCUT2D eigenvalue weighted by molar-refractivity contribution is 5.95. The van der Waals surface area contributed by atoms with Crippen molar-refractivity contribution in [3.05, 3.63) is 89.5 Å². The third kappa shape index (κ3) is 7.38. The highest BCUT2D eigenvalue weighted by atomic mass is 19.4. The minimum absolute atomic E-state index is 0.106. The lowest BCUT2D eigenvalue weighted by molar-refractivity contribution is -0.138. The summed E-state index contributed by atoms with van der Waals surface area (Å²) in [6.45, 7) is 0.345. The Hall–Kier alpha value is -3.85. The van der Waals surface area contributed by atoms with Crippen molar-refractivity contribution in [1.29, 1.82) is 0 Å².